The maximum Gasteiger partial charge on any atom is 0.264 e. The second-order valence-electron chi connectivity index (χ2n) is 8.95. The number of nitrogens with zero attached hydrogens (tertiary/aromatic N) is 2. The maximum atomic E-state index is 13.9. The molecular weight excluding hydrogens is 634 g/mol. The van der Waals surface area contributed by atoms with Crippen LogP contribution in [0.15, 0.2) is 92.7 Å². The number of carbonyl (C=O) groups is 2. The minimum absolute atomic E-state index is 0.0638. The monoisotopic (exact) mass is 663 g/mol. The Labute approximate surface area is 241 Å². The van der Waals surface area contributed by atoms with E-state index in [1.54, 1.807) is 49.4 Å². The zero-order valence-electron chi connectivity index (χ0n) is 21.5. The van der Waals surface area contributed by atoms with E-state index in [1.807, 2.05) is 38.1 Å². The predicted molar refractivity (Wildman–Crippen MR) is 157 cm³/mol. The van der Waals surface area contributed by atoms with Crippen molar-refractivity contribution in [2.24, 2.45) is 0 Å². The minimum Gasteiger partial charge on any atom is -0.352 e. The van der Waals surface area contributed by atoms with Gasteiger partial charge in [-0.05, 0) is 68.3 Å². The van der Waals surface area contributed by atoms with E-state index >= 15 is 0 Å². The molecule has 0 radical (unpaired) electrons. The SMILES string of the molecule is CC[C@@H](C)NC(=O)[C@@H](C)N(Cc1cccc(Br)c1)C(=O)CN(c1cccc(Br)c1)S(=O)(=O)c1ccccc1. The summed E-state index contributed by atoms with van der Waals surface area (Å²) in [5.41, 5.74) is 1.13. The zero-order valence-corrected chi connectivity index (χ0v) is 25.5. The van der Waals surface area contributed by atoms with Gasteiger partial charge in [0.25, 0.3) is 10.0 Å². The first-order chi connectivity index (χ1) is 18.0. The summed E-state index contributed by atoms with van der Waals surface area (Å²) in [5.74, 6) is -0.807. The van der Waals surface area contributed by atoms with Gasteiger partial charge in [-0.25, -0.2) is 8.42 Å². The standard InChI is InChI=1S/C28H31Br2N3O4S/c1-4-20(2)31-28(35)21(3)32(18-22-10-8-11-23(29)16-22)27(34)19-33(25-13-9-12-24(30)17-25)38(36,37)26-14-6-5-7-15-26/h5-17,20-21H,4,18-19H2,1-3H3,(H,31,35)/t20-,21-/m1/s1. The summed E-state index contributed by atoms with van der Waals surface area (Å²) < 4.78 is 30.1. The lowest BCUT2D eigenvalue weighted by Gasteiger charge is -2.32. The van der Waals surface area contributed by atoms with Gasteiger partial charge < -0.3 is 10.2 Å². The molecule has 0 aliphatic heterocycles. The van der Waals surface area contributed by atoms with Gasteiger partial charge >= 0.3 is 0 Å². The minimum atomic E-state index is -4.09. The molecule has 0 aliphatic rings. The van der Waals surface area contributed by atoms with Gasteiger partial charge in [0.05, 0.1) is 10.6 Å². The quantitative estimate of drug-likeness (QED) is 0.283. The Balaban J connectivity index is 2.02. The fourth-order valence-electron chi connectivity index (χ4n) is 3.76. The lowest BCUT2D eigenvalue weighted by molar-refractivity contribution is -0.139. The molecule has 0 bridgehead atoms. The average molecular weight is 665 g/mol. The Kier molecular flexibility index (Phi) is 10.5. The van der Waals surface area contributed by atoms with E-state index in [9.17, 15) is 18.0 Å². The molecule has 0 aliphatic carbocycles. The van der Waals surface area contributed by atoms with Gasteiger partial charge in [-0.2, -0.15) is 0 Å². The van der Waals surface area contributed by atoms with Crippen molar-refractivity contribution in [1.29, 1.82) is 0 Å². The van der Waals surface area contributed by atoms with E-state index in [4.69, 9.17) is 0 Å². The number of rotatable bonds is 11. The van der Waals surface area contributed by atoms with Crippen molar-refractivity contribution in [1.82, 2.24) is 10.2 Å². The van der Waals surface area contributed by atoms with Crippen LogP contribution in [0.5, 0.6) is 0 Å². The molecule has 0 unspecified atom stereocenters. The molecule has 0 spiro atoms. The van der Waals surface area contributed by atoms with Gasteiger partial charge in [-0.15, -0.1) is 0 Å². The zero-order chi connectivity index (χ0) is 27.9. The second-order valence-corrected chi connectivity index (χ2v) is 12.6. The van der Waals surface area contributed by atoms with Crippen LogP contribution in [0.2, 0.25) is 0 Å². The van der Waals surface area contributed by atoms with Gasteiger partial charge in [-0.3, -0.25) is 13.9 Å². The van der Waals surface area contributed by atoms with E-state index in [0.717, 1.165) is 20.8 Å². The number of carbonyl (C=O) groups excluding carboxylic acids is 2. The molecule has 2 atom stereocenters. The molecule has 202 valence electrons. The van der Waals surface area contributed by atoms with Gasteiger partial charge in [0.1, 0.15) is 12.6 Å². The van der Waals surface area contributed by atoms with Crippen LogP contribution in [-0.2, 0) is 26.2 Å². The summed E-state index contributed by atoms with van der Waals surface area (Å²) in [7, 11) is -4.09. The van der Waals surface area contributed by atoms with Crippen LogP contribution in [0.4, 0.5) is 5.69 Å². The van der Waals surface area contributed by atoms with Crippen LogP contribution in [0.25, 0.3) is 0 Å². The summed E-state index contributed by atoms with van der Waals surface area (Å²) in [6.07, 6.45) is 0.740. The summed E-state index contributed by atoms with van der Waals surface area (Å²) in [4.78, 5) is 28.5. The van der Waals surface area contributed by atoms with E-state index in [0.29, 0.717) is 10.2 Å². The topological polar surface area (TPSA) is 86.8 Å². The number of hydrogen-bond donors (Lipinski definition) is 1. The molecule has 2 amide bonds. The first-order valence-corrected chi connectivity index (χ1v) is 15.2. The highest BCUT2D eigenvalue weighted by molar-refractivity contribution is 9.10. The van der Waals surface area contributed by atoms with Crippen LogP contribution < -0.4 is 9.62 Å². The van der Waals surface area contributed by atoms with Gasteiger partial charge in [0.15, 0.2) is 0 Å². The highest BCUT2D eigenvalue weighted by atomic mass is 79.9. The third kappa shape index (κ3) is 7.68. The number of amides is 2. The lowest BCUT2D eigenvalue weighted by atomic mass is 10.1. The normalized spacial score (nSPS) is 12.9. The Morgan fingerprint density at radius 3 is 2.13 bits per heavy atom. The molecule has 3 aromatic carbocycles. The van der Waals surface area contributed by atoms with Gasteiger partial charge in [0.2, 0.25) is 11.8 Å². The summed E-state index contributed by atoms with van der Waals surface area (Å²) >= 11 is 6.85. The van der Waals surface area contributed by atoms with Gasteiger partial charge in [0, 0.05) is 21.5 Å². The highest BCUT2D eigenvalue weighted by Crippen LogP contribution is 2.27. The van der Waals surface area contributed by atoms with Crippen molar-refractivity contribution in [3.63, 3.8) is 0 Å². The predicted octanol–water partition coefficient (Wildman–Crippen LogP) is 5.74. The Morgan fingerprint density at radius 2 is 1.53 bits per heavy atom. The first-order valence-electron chi connectivity index (χ1n) is 12.2. The molecule has 0 aromatic heterocycles. The smallest absolute Gasteiger partial charge is 0.264 e. The molecule has 1 N–H and O–H groups in total. The van der Waals surface area contributed by atoms with Crippen LogP contribution in [-0.4, -0.2) is 43.8 Å². The largest absolute Gasteiger partial charge is 0.352 e. The van der Waals surface area contributed by atoms with Crippen molar-refractivity contribution in [2.45, 2.75) is 50.7 Å². The summed E-state index contributed by atoms with van der Waals surface area (Å²) in [5, 5.41) is 2.93. The van der Waals surface area contributed by atoms with E-state index in [1.165, 1.54) is 17.0 Å². The first kappa shape index (κ1) is 29.9. The van der Waals surface area contributed by atoms with Gasteiger partial charge in [-0.1, -0.05) is 75.2 Å². The molecule has 3 rings (SSSR count). The Hall–Kier alpha value is -2.69. The van der Waals surface area contributed by atoms with Crippen molar-refractivity contribution >= 4 is 59.4 Å². The molecule has 0 fully saturated rings. The van der Waals surface area contributed by atoms with Crippen LogP contribution >= 0.6 is 31.9 Å². The number of hydrogen-bond acceptors (Lipinski definition) is 4. The molecule has 7 nitrogen and oxygen atoms in total. The van der Waals surface area contributed by atoms with Crippen LogP contribution in [0.3, 0.4) is 0 Å². The summed E-state index contributed by atoms with van der Waals surface area (Å²) in [6, 6.07) is 21.3. The summed E-state index contributed by atoms with van der Waals surface area (Å²) in [6.45, 7) is 5.16. The van der Waals surface area contributed by atoms with Crippen molar-refractivity contribution in [3.05, 3.63) is 93.4 Å². The van der Waals surface area contributed by atoms with Crippen LogP contribution in [0.1, 0.15) is 32.8 Å². The number of halogens is 2. The highest BCUT2D eigenvalue weighted by Gasteiger charge is 2.32. The van der Waals surface area contributed by atoms with Crippen molar-refractivity contribution < 1.29 is 18.0 Å². The van der Waals surface area contributed by atoms with Crippen molar-refractivity contribution in [2.75, 3.05) is 10.8 Å². The van der Waals surface area contributed by atoms with Crippen LogP contribution in [0, 0.1) is 0 Å². The molecule has 0 saturated heterocycles. The fraction of sp³-hybridized carbons (Fsp3) is 0.286. The van der Waals surface area contributed by atoms with E-state index in [-0.39, 0.29) is 23.4 Å². The van der Waals surface area contributed by atoms with Crippen molar-refractivity contribution in [3.8, 4) is 0 Å². The fourth-order valence-corrected chi connectivity index (χ4v) is 6.02. The number of anilines is 1. The molecule has 0 heterocycles. The molecule has 38 heavy (non-hydrogen) atoms. The molecule has 0 saturated carbocycles. The molecule has 10 heteroatoms. The van der Waals surface area contributed by atoms with E-state index < -0.39 is 28.5 Å². The maximum absolute atomic E-state index is 13.9. The lowest BCUT2D eigenvalue weighted by Crippen LogP contribution is -2.52. The molecular formula is C28H31Br2N3O4S. The van der Waals surface area contributed by atoms with E-state index in [2.05, 4.69) is 37.2 Å². The molecule has 3 aromatic rings. The number of benzene rings is 3. The third-order valence-electron chi connectivity index (χ3n) is 6.12. The number of nitrogens with one attached hydrogen (secondary N) is 1. The second kappa shape index (κ2) is 13.4. The number of sulfonamides is 1. The Morgan fingerprint density at radius 1 is 0.895 bits per heavy atom. The Bertz CT molecular complexity index is 1370. The third-order valence-corrected chi connectivity index (χ3v) is 8.89. The average Bonchev–Trinajstić information content (AvgIpc) is 2.90.